The molecule has 1 aliphatic rings. The summed E-state index contributed by atoms with van der Waals surface area (Å²) in [4.78, 5) is 1.46. The first kappa shape index (κ1) is 11.1. The molecule has 1 aromatic heterocycles. The van der Waals surface area contributed by atoms with Crippen LogP contribution >= 0.6 is 11.3 Å². The Kier molecular flexibility index (Phi) is 3.14. The van der Waals surface area contributed by atoms with Gasteiger partial charge in [-0.05, 0) is 30.9 Å². The predicted molar refractivity (Wildman–Crippen MR) is 64.4 cm³/mol. The highest BCUT2D eigenvalue weighted by Gasteiger charge is 2.33. The van der Waals surface area contributed by atoms with Crippen molar-refractivity contribution in [2.45, 2.75) is 26.8 Å². The van der Waals surface area contributed by atoms with E-state index in [2.05, 4.69) is 37.5 Å². The van der Waals surface area contributed by atoms with Crippen molar-refractivity contribution in [3.63, 3.8) is 0 Å². The van der Waals surface area contributed by atoms with Crippen LogP contribution in [0.4, 0.5) is 0 Å². The summed E-state index contributed by atoms with van der Waals surface area (Å²) in [6.45, 7) is 9.54. The van der Waals surface area contributed by atoms with E-state index >= 15 is 0 Å². The number of hydrogen-bond acceptors (Lipinski definition) is 3. The van der Waals surface area contributed by atoms with Crippen LogP contribution in [0.3, 0.4) is 0 Å². The fourth-order valence-corrected chi connectivity index (χ4v) is 2.83. The van der Waals surface area contributed by atoms with E-state index in [4.69, 9.17) is 4.74 Å². The number of nitrogens with one attached hydrogen (secondary N) is 1. The van der Waals surface area contributed by atoms with Crippen molar-refractivity contribution in [1.29, 1.82) is 0 Å². The quantitative estimate of drug-likeness (QED) is 0.850. The van der Waals surface area contributed by atoms with Gasteiger partial charge in [0.05, 0.1) is 13.2 Å². The van der Waals surface area contributed by atoms with Crippen molar-refractivity contribution < 1.29 is 4.74 Å². The maximum Gasteiger partial charge on any atom is 0.0554 e. The van der Waals surface area contributed by atoms with E-state index < -0.39 is 0 Å². The number of ether oxygens (including phenoxy) is 1. The third kappa shape index (κ3) is 2.41. The average molecular weight is 225 g/mol. The van der Waals surface area contributed by atoms with Crippen molar-refractivity contribution in [1.82, 2.24) is 5.32 Å². The molecule has 84 valence electrons. The molecule has 0 bridgehead atoms. The molecular weight excluding hydrogens is 206 g/mol. The van der Waals surface area contributed by atoms with Crippen molar-refractivity contribution in [2.24, 2.45) is 5.41 Å². The van der Waals surface area contributed by atoms with E-state index in [0.717, 1.165) is 19.8 Å². The Morgan fingerprint density at radius 2 is 2.33 bits per heavy atom. The number of rotatable bonds is 4. The smallest absolute Gasteiger partial charge is 0.0554 e. The van der Waals surface area contributed by atoms with Gasteiger partial charge in [0.2, 0.25) is 0 Å². The molecule has 1 N–H and O–H groups in total. The van der Waals surface area contributed by atoms with Gasteiger partial charge in [-0.3, -0.25) is 0 Å². The van der Waals surface area contributed by atoms with Crippen LogP contribution in [0.25, 0.3) is 0 Å². The summed E-state index contributed by atoms with van der Waals surface area (Å²) >= 11 is 1.84. The van der Waals surface area contributed by atoms with Gasteiger partial charge in [0, 0.05) is 22.9 Å². The van der Waals surface area contributed by atoms with Gasteiger partial charge in [-0.15, -0.1) is 11.3 Å². The van der Waals surface area contributed by atoms with Gasteiger partial charge in [-0.2, -0.15) is 0 Å². The van der Waals surface area contributed by atoms with E-state index in [0.29, 0.717) is 11.5 Å². The maximum atomic E-state index is 5.25. The fourth-order valence-electron chi connectivity index (χ4n) is 1.87. The third-order valence-electron chi connectivity index (χ3n) is 3.03. The summed E-state index contributed by atoms with van der Waals surface area (Å²) in [6, 6.07) is 2.65. The summed E-state index contributed by atoms with van der Waals surface area (Å²) in [5.41, 5.74) is 1.76. The third-order valence-corrected chi connectivity index (χ3v) is 4.23. The minimum absolute atomic E-state index is 0.361. The second-order valence-corrected chi connectivity index (χ2v) is 5.82. The van der Waals surface area contributed by atoms with Crippen molar-refractivity contribution in [3.8, 4) is 0 Å². The summed E-state index contributed by atoms with van der Waals surface area (Å²) in [5.74, 6) is 0. The van der Waals surface area contributed by atoms with Crippen LogP contribution < -0.4 is 5.32 Å². The summed E-state index contributed by atoms with van der Waals surface area (Å²) in [7, 11) is 0. The van der Waals surface area contributed by atoms with Crippen LogP contribution in [0, 0.1) is 12.3 Å². The van der Waals surface area contributed by atoms with E-state index in [1.807, 2.05) is 11.3 Å². The molecule has 1 aromatic rings. The van der Waals surface area contributed by atoms with E-state index in [1.165, 1.54) is 10.4 Å². The molecule has 2 nitrogen and oxygen atoms in total. The van der Waals surface area contributed by atoms with Crippen molar-refractivity contribution in [2.75, 3.05) is 19.8 Å². The molecule has 1 aliphatic heterocycles. The number of hydrogen-bond donors (Lipinski definition) is 1. The van der Waals surface area contributed by atoms with E-state index in [9.17, 15) is 0 Å². The van der Waals surface area contributed by atoms with Gasteiger partial charge in [-0.25, -0.2) is 0 Å². The molecule has 1 fully saturated rings. The topological polar surface area (TPSA) is 21.3 Å². The Labute approximate surface area is 95.6 Å². The molecule has 2 heterocycles. The van der Waals surface area contributed by atoms with Crippen molar-refractivity contribution >= 4 is 11.3 Å². The fraction of sp³-hybridized carbons (Fsp3) is 0.667. The highest BCUT2D eigenvalue weighted by atomic mass is 32.1. The molecule has 2 rings (SSSR count). The zero-order chi connectivity index (χ0) is 10.9. The van der Waals surface area contributed by atoms with Crippen molar-refractivity contribution in [3.05, 3.63) is 21.9 Å². The van der Waals surface area contributed by atoms with Crippen LogP contribution in [0.5, 0.6) is 0 Å². The van der Waals surface area contributed by atoms with Gasteiger partial charge >= 0.3 is 0 Å². The zero-order valence-electron chi connectivity index (χ0n) is 9.67. The minimum Gasteiger partial charge on any atom is -0.380 e. The molecule has 0 aliphatic carbocycles. The Morgan fingerprint density at radius 1 is 1.60 bits per heavy atom. The first-order chi connectivity index (χ1) is 7.11. The molecule has 0 radical (unpaired) electrons. The SMILES string of the molecule is Cc1ccsc1C(C)NCC1(C)COC1. The molecule has 1 saturated heterocycles. The van der Waals surface area contributed by atoms with Crippen LogP contribution in [0.1, 0.15) is 30.3 Å². The second kappa shape index (κ2) is 4.24. The second-order valence-electron chi connectivity index (χ2n) is 4.87. The minimum atomic E-state index is 0.361. The Hall–Kier alpha value is -0.380. The number of aryl methyl sites for hydroxylation is 1. The van der Waals surface area contributed by atoms with Gasteiger partial charge in [-0.1, -0.05) is 6.92 Å². The van der Waals surface area contributed by atoms with E-state index in [-0.39, 0.29) is 0 Å². The van der Waals surface area contributed by atoms with Gasteiger partial charge in [0.1, 0.15) is 0 Å². The average Bonchev–Trinajstić information content (AvgIpc) is 2.58. The molecule has 1 atom stereocenters. The van der Waals surface area contributed by atoms with Crippen LogP contribution in [0.15, 0.2) is 11.4 Å². The lowest BCUT2D eigenvalue weighted by Crippen LogP contribution is -2.47. The van der Waals surface area contributed by atoms with Crippen LogP contribution in [-0.2, 0) is 4.74 Å². The Morgan fingerprint density at radius 3 is 2.80 bits per heavy atom. The van der Waals surface area contributed by atoms with E-state index in [1.54, 1.807) is 0 Å². The summed E-state index contributed by atoms with van der Waals surface area (Å²) < 4.78 is 5.25. The lowest BCUT2D eigenvalue weighted by atomic mass is 9.88. The lowest BCUT2D eigenvalue weighted by Gasteiger charge is -2.39. The largest absolute Gasteiger partial charge is 0.380 e. The standard InChI is InChI=1S/C12H19NOS/c1-9-4-5-15-11(9)10(2)13-6-12(3)7-14-8-12/h4-5,10,13H,6-8H2,1-3H3. The lowest BCUT2D eigenvalue weighted by molar-refractivity contribution is -0.0998. The molecule has 0 amide bonds. The maximum absolute atomic E-state index is 5.25. The molecule has 3 heteroatoms. The number of thiophene rings is 1. The molecule has 15 heavy (non-hydrogen) atoms. The first-order valence-electron chi connectivity index (χ1n) is 5.46. The van der Waals surface area contributed by atoms with Gasteiger partial charge in [0.25, 0.3) is 0 Å². The summed E-state index contributed by atoms with van der Waals surface area (Å²) in [6.07, 6.45) is 0. The highest BCUT2D eigenvalue weighted by molar-refractivity contribution is 7.10. The molecule has 0 aromatic carbocycles. The van der Waals surface area contributed by atoms with Crippen LogP contribution in [0.2, 0.25) is 0 Å². The monoisotopic (exact) mass is 225 g/mol. The molecular formula is C12H19NOS. The molecule has 1 unspecified atom stereocenters. The highest BCUT2D eigenvalue weighted by Crippen LogP contribution is 2.28. The molecule has 0 saturated carbocycles. The van der Waals surface area contributed by atoms with Gasteiger partial charge in [0.15, 0.2) is 0 Å². The normalized spacial score (nSPS) is 21.0. The molecule has 0 spiro atoms. The Balaban J connectivity index is 1.87. The predicted octanol–water partition coefficient (Wildman–Crippen LogP) is 2.74. The summed E-state index contributed by atoms with van der Waals surface area (Å²) in [5, 5.41) is 5.76. The zero-order valence-corrected chi connectivity index (χ0v) is 10.5. The van der Waals surface area contributed by atoms with Gasteiger partial charge < -0.3 is 10.1 Å². The first-order valence-corrected chi connectivity index (χ1v) is 6.34. The van der Waals surface area contributed by atoms with Crippen LogP contribution in [-0.4, -0.2) is 19.8 Å². The Bertz CT molecular complexity index is 330.